The number of aromatic nitrogens is 1. The molecule has 0 bridgehead atoms. The molecule has 17 heavy (non-hydrogen) atoms. The van der Waals surface area contributed by atoms with Gasteiger partial charge in [0.25, 0.3) is 0 Å². The third-order valence-corrected chi connectivity index (χ3v) is 4.43. The monoisotopic (exact) mass is 248 g/mol. The molecule has 1 aliphatic carbocycles. The Morgan fingerprint density at radius 2 is 2.29 bits per heavy atom. The minimum Gasteiger partial charge on any atom is -0.274 e. The van der Waals surface area contributed by atoms with E-state index in [-0.39, 0.29) is 17.7 Å². The van der Waals surface area contributed by atoms with Gasteiger partial charge in [-0.1, -0.05) is 12.2 Å². The van der Waals surface area contributed by atoms with Gasteiger partial charge in [-0.3, -0.25) is 9.59 Å². The zero-order valence-corrected chi connectivity index (χ0v) is 10.2. The van der Waals surface area contributed by atoms with Crippen LogP contribution in [-0.2, 0) is 9.59 Å². The molecular weight excluding hydrogens is 236 g/mol. The highest BCUT2D eigenvalue weighted by molar-refractivity contribution is 7.14. The fraction of sp³-hybridized carbons (Fsp3) is 0.417. The maximum Gasteiger partial charge on any atom is 0.242 e. The molecule has 1 aliphatic heterocycles. The summed E-state index contributed by atoms with van der Waals surface area (Å²) in [6.07, 6.45) is 6.89. The molecule has 5 heteroatoms. The van der Waals surface area contributed by atoms with E-state index in [0.29, 0.717) is 18.0 Å². The van der Waals surface area contributed by atoms with Crippen LogP contribution < -0.4 is 4.90 Å². The van der Waals surface area contributed by atoms with Crippen LogP contribution >= 0.6 is 11.3 Å². The summed E-state index contributed by atoms with van der Waals surface area (Å²) in [5, 5.41) is 2.27. The quantitative estimate of drug-likeness (QED) is 0.564. The van der Waals surface area contributed by atoms with Crippen molar-refractivity contribution in [1.82, 2.24) is 4.98 Å². The molecule has 2 amide bonds. The van der Waals surface area contributed by atoms with E-state index in [2.05, 4.69) is 4.98 Å². The second-order valence-corrected chi connectivity index (χ2v) is 5.55. The van der Waals surface area contributed by atoms with Gasteiger partial charge < -0.3 is 0 Å². The second-order valence-electron chi connectivity index (χ2n) is 4.67. The first-order valence-corrected chi connectivity index (χ1v) is 6.45. The lowest BCUT2D eigenvalue weighted by Crippen LogP contribution is -2.34. The van der Waals surface area contributed by atoms with E-state index in [4.69, 9.17) is 0 Å². The molecule has 0 saturated carbocycles. The van der Waals surface area contributed by atoms with E-state index in [1.54, 1.807) is 11.6 Å². The highest BCUT2D eigenvalue weighted by Gasteiger charge is 2.57. The zero-order chi connectivity index (χ0) is 12.0. The summed E-state index contributed by atoms with van der Waals surface area (Å²) in [5.74, 6) is -0.424. The van der Waals surface area contributed by atoms with Crippen LogP contribution in [0.1, 0.15) is 19.8 Å². The Morgan fingerprint density at radius 3 is 2.94 bits per heavy atom. The fourth-order valence-electron chi connectivity index (χ4n) is 2.59. The van der Waals surface area contributed by atoms with Crippen molar-refractivity contribution in [3.05, 3.63) is 23.7 Å². The molecule has 0 aromatic carbocycles. The van der Waals surface area contributed by atoms with Crippen molar-refractivity contribution in [2.45, 2.75) is 19.8 Å². The molecule has 88 valence electrons. The van der Waals surface area contributed by atoms with Crippen molar-refractivity contribution in [3.63, 3.8) is 0 Å². The summed E-state index contributed by atoms with van der Waals surface area (Å²) in [4.78, 5) is 30.0. The van der Waals surface area contributed by atoms with Crippen molar-refractivity contribution < 1.29 is 9.59 Å². The van der Waals surface area contributed by atoms with Crippen molar-refractivity contribution in [2.24, 2.45) is 11.3 Å². The fourth-order valence-corrected chi connectivity index (χ4v) is 3.23. The lowest BCUT2D eigenvalue weighted by atomic mass is 9.72. The van der Waals surface area contributed by atoms with Crippen LogP contribution in [0.5, 0.6) is 0 Å². The lowest BCUT2D eigenvalue weighted by molar-refractivity contribution is -0.126. The number of imide groups is 1. The molecule has 2 atom stereocenters. The van der Waals surface area contributed by atoms with Crippen LogP contribution in [-0.4, -0.2) is 16.8 Å². The van der Waals surface area contributed by atoms with Crippen LogP contribution in [0.4, 0.5) is 5.13 Å². The van der Waals surface area contributed by atoms with Gasteiger partial charge in [0.2, 0.25) is 11.8 Å². The zero-order valence-electron chi connectivity index (χ0n) is 9.42. The minimum absolute atomic E-state index is 0.100. The number of allylic oxidation sites excluding steroid dienone is 2. The van der Waals surface area contributed by atoms with Gasteiger partial charge in [-0.25, -0.2) is 9.88 Å². The van der Waals surface area contributed by atoms with Crippen LogP contribution in [0.3, 0.4) is 0 Å². The first-order chi connectivity index (χ1) is 8.14. The molecule has 2 aliphatic rings. The van der Waals surface area contributed by atoms with Gasteiger partial charge in [0.1, 0.15) is 0 Å². The summed E-state index contributed by atoms with van der Waals surface area (Å²) in [7, 11) is 0. The van der Waals surface area contributed by atoms with Crippen LogP contribution in [0.2, 0.25) is 0 Å². The van der Waals surface area contributed by atoms with Gasteiger partial charge in [0.15, 0.2) is 5.13 Å². The minimum atomic E-state index is -0.572. The van der Waals surface area contributed by atoms with Crippen molar-refractivity contribution in [3.8, 4) is 0 Å². The number of nitrogens with zero attached hydrogens (tertiary/aromatic N) is 2. The first kappa shape index (κ1) is 10.7. The second kappa shape index (κ2) is 3.50. The maximum absolute atomic E-state index is 12.4. The Bertz CT molecular complexity index is 509. The Hall–Kier alpha value is -1.49. The molecule has 1 fully saturated rings. The predicted octanol–water partition coefficient (Wildman–Crippen LogP) is 1.99. The molecule has 0 N–H and O–H groups in total. The van der Waals surface area contributed by atoms with E-state index < -0.39 is 5.41 Å². The topological polar surface area (TPSA) is 50.3 Å². The molecule has 0 spiro atoms. The summed E-state index contributed by atoms with van der Waals surface area (Å²) in [6, 6.07) is 0. The van der Waals surface area contributed by atoms with E-state index in [9.17, 15) is 9.59 Å². The molecule has 0 unspecified atom stereocenters. The average Bonchev–Trinajstić information content (AvgIpc) is 2.88. The molecule has 2 heterocycles. The maximum atomic E-state index is 12.4. The SMILES string of the molecule is C[C@]12CC=CC[C@H]1C(=O)N(c1nccs1)C2=O. The Balaban J connectivity index is 2.06. The van der Waals surface area contributed by atoms with E-state index in [1.165, 1.54) is 16.2 Å². The standard InChI is InChI=1S/C12H12N2O2S/c1-12-5-3-2-4-8(12)9(15)14(10(12)16)11-13-6-7-17-11/h2-3,6-8H,4-5H2,1H3/t8-,12-/m0/s1. The third kappa shape index (κ3) is 1.32. The highest BCUT2D eigenvalue weighted by atomic mass is 32.1. The number of anilines is 1. The van der Waals surface area contributed by atoms with Crippen LogP contribution in [0.15, 0.2) is 23.7 Å². The van der Waals surface area contributed by atoms with Crippen molar-refractivity contribution >= 4 is 28.3 Å². The average molecular weight is 248 g/mol. The predicted molar refractivity (Wildman–Crippen MR) is 64.6 cm³/mol. The Morgan fingerprint density at radius 1 is 1.47 bits per heavy atom. The molecule has 4 nitrogen and oxygen atoms in total. The molecule has 3 rings (SSSR count). The van der Waals surface area contributed by atoms with Gasteiger partial charge in [-0.2, -0.15) is 0 Å². The van der Waals surface area contributed by atoms with Crippen LogP contribution in [0.25, 0.3) is 0 Å². The summed E-state index contributed by atoms with van der Waals surface area (Å²) < 4.78 is 0. The van der Waals surface area contributed by atoms with E-state index >= 15 is 0 Å². The van der Waals surface area contributed by atoms with E-state index in [0.717, 1.165) is 0 Å². The largest absolute Gasteiger partial charge is 0.274 e. The number of carbonyl (C=O) groups is 2. The van der Waals surface area contributed by atoms with Gasteiger partial charge in [0.05, 0.1) is 11.3 Å². The number of carbonyl (C=O) groups excluding carboxylic acids is 2. The Kier molecular flexibility index (Phi) is 2.19. The highest BCUT2D eigenvalue weighted by Crippen LogP contribution is 2.47. The molecule has 1 aromatic rings. The number of rotatable bonds is 1. The molecule has 0 radical (unpaired) electrons. The van der Waals surface area contributed by atoms with Gasteiger partial charge >= 0.3 is 0 Å². The normalized spacial score (nSPS) is 32.1. The van der Waals surface area contributed by atoms with Crippen molar-refractivity contribution in [1.29, 1.82) is 0 Å². The number of fused-ring (bicyclic) bond motifs is 1. The number of thiazole rings is 1. The summed E-state index contributed by atoms with van der Waals surface area (Å²) in [5.41, 5.74) is -0.572. The molecule has 1 saturated heterocycles. The summed E-state index contributed by atoms with van der Waals surface area (Å²) >= 11 is 1.32. The number of hydrogen-bond donors (Lipinski definition) is 0. The van der Waals surface area contributed by atoms with Gasteiger partial charge in [-0.15, -0.1) is 11.3 Å². The van der Waals surface area contributed by atoms with E-state index in [1.807, 2.05) is 19.1 Å². The van der Waals surface area contributed by atoms with Crippen molar-refractivity contribution in [2.75, 3.05) is 4.90 Å². The molecular formula is C12H12N2O2S. The number of amides is 2. The smallest absolute Gasteiger partial charge is 0.242 e. The number of hydrogen-bond acceptors (Lipinski definition) is 4. The summed E-state index contributed by atoms with van der Waals surface area (Å²) in [6.45, 7) is 1.88. The van der Waals surface area contributed by atoms with Gasteiger partial charge in [-0.05, 0) is 19.8 Å². The lowest BCUT2D eigenvalue weighted by Gasteiger charge is -2.27. The van der Waals surface area contributed by atoms with Gasteiger partial charge in [0, 0.05) is 11.6 Å². The molecule has 1 aromatic heterocycles. The Labute approximate surface area is 103 Å². The third-order valence-electron chi connectivity index (χ3n) is 3.67. The van der Waals surface area contributed by atoms with Crippen LogP contribution in [0, 0.1) is 11.3 Å². The first-order valence-electron chi connectivity index (χ1n) is 5.57.